The van der Waals surface area contributed by atoms with Crippen molar-refractivity contribution in [2.45, 2.75) is 6.42 Å². The Labute approximate surface area is 114 Å². The van der Waals surface area contributed by atoms with Gasteiger partial charge in [0, 0.05) is 26.2 Å². The first-order valence-electron chi connectivity index (χ1n) is 6.30. The van der Waals surface area contributed by atoms with Crippen molar-refractivity contribution in [3.63, 3.8) is 0 Å². The van der Waals surface area contributed by atoms with E-state index in [1.807, 2.05) is 0 Å². The molecule has 0 aromatic heterocycles. The first-order chi connectivity index (χ1) is 8.79. The maximum atomic E-state index is 12.2. The van der Waals surface area contributed by atoms with Gasteiger partial charge >= 0.3 is 0 Å². The molecule has 2 fully saturated rings. The maximum absolute atomic E-state index is 12.2. The Morgan fingerprint density at radius 2 is 1.68 bits per heavy atom. The third kappa shape index (κ3) is 3.88. The summed E-state index contributed by atoms with van der Waals surface area (Å²) >= 11 is 0. The average Bonchev–Trinajstić information content (AvgIpc) is 2.78. The molecule has 0 amide bonds. The highest BCUT2D eigenvalue weighted by Crippen LogP contribution is 2.21. The highest BCUT2D eigenvalue weighted by molar-refractivity contribution is 7.89. The molecule has 0 aromatic rings. The molecule has 0 bridgehead atoms. The van der Waals surface area contributed by atoms with Crippen molar-refractivity contribution < 1.29 is 21.6 Å². The van der Waals surface area contributed by atoms with Gasteiger partial charge in [0.2, 0.25) is 20.0 Å². The lowest BCUT2D eigenvalue weighted by molar-refractivity contribution is 0.0729. The predicted molar refractivity (Wildman–Crippen MR) is 70.7 cm³/mol. The summed E-state index contributed by atoms with van der Waals surface area (Å²) in [5.41, 5.74) is 0. The molecular formula is C10H20N2O5S2. The van der Waals surface area contributed by atoms with Crippen LogP contribution in [0.1, 0.15) is 6.42 Å². The summed E-state index contributed by atoms with van der Waals surface area (Å²) in [5, 5.41) is 0. The van der Waals surface area contributed by atoms with Gasteiger partial charge in [-0.3, -0.25) is 0 Å². The van der Waals surface area contributed by atoms with Crippen LogP contribution in [0, 0.1) is 5.92 Å². The molecule has 1 atom stereocenters. The molecule has 19 heavy (non-hydrogen) atoms. The largest absolute Gasteiger partial charge is 0.379 e. The lowest BCUT2D eigenvalue weighted by Crippen LogP contribution is -2.43. The summed E-state index contributed by atoms with van der Waals surface area (Å²) in [6.07, 6.45) is 1.77. The molecule has 2 aliphatic heterocycles. The summed E-state index contributed by atoms with van der Waals surface area (Å²) in [4.78, 5) is 0. The Kier molecular flexibility index (Phi) is 4.51. The molecular weight excluding hydrogens is 292 g/mol. The van der Waals surface area contributed by atoms with Crippen LogP contribution in [-0.4, -0.2) is 76.8 Å². The third-order valence-electron chi connectivity index (χ3n) is 3.53. The van der Waals surface area contributed by atoms with Gasteiger partial charge < -0.3 is 4.74 Å². The monoisotopic (exact) mass is 312 g/mol. The van der Waals surface area contributed by atoms with Gasteiger partial charge in [0.25, 0.3) is 0 Å². The normalized spacial score (nSPS) is 27.7. The Morgan fingerprint density at radius 3 is 2.21 bits per heavy atom. The minimum Gasteiger partial charge on any atom is -0.379 e. The fraction of sp³-hybridized carbons (Fsp3) is 1.00. The molecule has 0 radical (unpaired) electrons. The Bertz CT molecular complexity index is 510. The zero-order valence-electron chi connectivity index (χ0n) is 11.0. The molecule has 0 saturated carbocycles. The topological polar surface area (TPSA) is 84.0 Å². The van der Waals surface area contributed by atoms with Gasteiger partial charge in [0.05, 0.1) is 25.2 Å². The van der Waals surface area contributed by atoms with E-state index >= 15 is 0 Å². The molecule has 2 saturated heterocycles. The summed E-state index contributed by atoms with van der Waals surface area (Å²) in [5.74, 6) is -0.0819. The number of rotatable bonds is 4. The van der Waals surface area contributed by atoms with Gasteiger partial charge in [-0.25, -0.2) is 21.1 Å². The standard InChI is InChI=1S/C10H20N2O5S2/c1-18(13,14)12-3-2-10(8-12)9-19(15,16)11-4-6-17-7-5-11/h10H,2-9H2,1H3. The van der Waals surface area contributed by atoms with Crippen LogP contribution in [0.2, 0.25) is 0 Å². The summed E-state index contributed by atoms with van der Waals surface area (Å²) in [6.45, 7) is 2.37. The van der Waals surface area contributed by atoms with Gasteiger partial charge in [-0.2, -0.15) is 4.31 Å². The average molecular weight is 312 g/mol. The van der Waals surface area contributed by atoms with Gasteiger partial charge in [-0.05, 0) is 12.3 Å². The van der Waals surface area contributed by atoms with Gasteiger partial charge in [0.1, 0.15) is 0 Å². The van der Waals surface area contributed by atoms with Crippen LogP contribution in [0.5, 0.6) is 0 Å². The smallest absolute Gasteiger partial charge is 0.214 e. The second kappa shape index (κ2) is 5.65. The van der Waals surface area contributed by atoms with E-state index < -0.39 is 20.0 Å². The molecule has 7 nitrogen and oxygen atoms in total. The number of sulfonamides is 2. The van der Waals surface area contributed by atoms with E-state index in [-0.39, 0.29) is 11.7 Å². The summed E-state index contributed by atoms with van der Waals surface area (Å²) in [6, 6.07) is 0. The molecule has 1 unspecified atom stereocenters. The van der Waals surface area contributed by atoms with Gasteiger partial charge in [-0.15, -0.1) is 0 Å². The van der Waals surface area contributed by atoms with Crippen LogP contribution in [0.15, 0.2) is 0 Å². The minimum absolute atomic E-state index is 0.0268. The fourth-order valence-corrected chi connectivity index (χ4v) is 5.17. The van der Waals surface area contributed by atoms with Crippen LogP contribution in [-0.2, 0) is 24.8 Å². The number of hydrogen-bond donors (Lipinski definition) is 0. The maximum Gasteiger partial charge on any atom is 0.214 e. The molecule has 9 heteroatoms. The van der Waals surface area contributed by atoms with Crippen LogP contribution in [0.4, 0.5) is 0 Å². The second-order valence-electron chi connectivity index (χ2n) is 5.07. The van der Waals surface area contributed by atoms with E-state index in [2.05, 4.69) is 0 Å². The highest BCUT2D eigenvalue weighted by atomic mass is 32.2. The van der Waals surface area contributed by atoms with Crippen molar-refractivity contribution in [1.29, 1.82) is 0 Å². The first-order valence-corrected chi connectivity index (χ1v) is 9.75. The SMILES string of the molecule is CS(=O)(=O)N1CCC(CS(=O)(=O)N2CCOCC2)C1. The highest BCUT2D eigenvalue weighted by Gasteiger charge is 2.34. The van der Waals surface area contributed by atoms with Crippen molar-refractivity contribution in [3.8, 4) is 0 Å². The second-order valence-corrected chi connectivity index (χ2v) is 9.06. The van der Waals surface area contributed by atoms with E-state index in [0.717, 1.165) is 6.26 Å². The van der Waals surface area contributed by atoms with Crippen molar-refractivity contribution in [3.05, 3.63) is 0 Å². The fourth-order valence-electron chi connectivity index (χ4n) is 2.46. The molecule has 2 heterocycles. The van der Waals surface area contributed by atoms with Crippen LogP contribution in [0.3, 0.4) is 0 Å². The number of nitrogens with zero attached hydrogens (tertiary/aromatic N) is 2. The lowest BCUT2D eigenvalue weighted by Gasteiger charge is -2.27. The van der Waals surface area contributed by atoms with E-state index in [0.29, 0.717) is 45.8 Å². The van der Waals surface area contributed by atoms with E-state index in [9.17, 15) is 16.8 Å². The quantitative estimate of drug-likeness (QED) is 0.660. The summed E-state index contributed by atoms with van der Waals surface area (Å²) in [7, 11) is -6.51. The first kappa shape index (κ1) is 15.2. The number of morpholine rings is 1. The number of hydrogen-bond acceptors (Lipinski definition) is 5. The van der Waals surface area contributed by atoms with Crippen LogP contribution in [0.25, 0.3) is 0 Å². The predicted octanol–water partition coefficient (Wildman–Crippen LogP) is -1.07. The number of ether oxygens (including phenoxy) is 1. The van der Waals surface area contributed by atoms with Crippen LogP contribution < -0.4 is 0 Å². The van der Waals surface area contributed by atoms with Crippen molar-refractivity contribution in [1.82, 2.24) is 8.61 Å². The molecule has 2 rings (SSSR count). The Balaban J connectivity index is 1.94. The molecule has 2 aliphatic rings. The Hall–Kier alpha value is -0.220. The lowest BCUT2D eigenvalue weighted by atomic mass is 10.2. The molecule has 0 aromatic carbocycles. The minimum atomic E-state index is -3.30. The van der Waals surface area contributed by atoms with Crippen molar-refractivity contribution >= 4 is 20.0 Å². The van der Waals surface area contributed by atoms with Gasteiger partial charge in [-0.1, -0.05) is 0 Å². The van der Waals surface area contributed by atoms with Gasteiger partial charge in [0.15, 0.2) is 0 Å². The molecule has 0 N–H and O–H groups in total. The van der Waals surface area contributed by atoms with Crippen molar-refractivity contribution in [2.75, 3.05) is 51.4 Å². The molecule has 112 valence electrons. The molecule has 0 aliphatic carbocycles. The third-order valence-corrected chi connectivity index (χ3v) is 6.84. The molecule has 0 spiro atoms. The zero-order chi connectivity index (χ0) is 14.1. The summed E-state index contributed by atoms with van der Waals surface area (Å²) < 4.78 is 55.1. The van der Waals surface area contributed by atoms with E-state index in [1.54, 1.807) is 0 Å². The van der Waals surface area contributed by atoms with Crippen LogP contribution >= 0.6 is 0 Å². The Morgan fingerprint density at radius 1 is 1.05 bits per heavy atom. The van der Waals surface area contributed by atoms with E-state index in [4.69, 9.17) is 4.74 Å². The van der Waals surface area contributed by atoms with E-state index in [1.165, 1.54) is 8.61 Å². The van der Waals surface area contributed by atoms with Crippen molar-refractivity contribution in [2.24, 2.45) is 5.92 Å². The zero-order valence-corrected chi connectivity index (χ0v) is 12.6.